The number of benzene rings is 1. The van der Waals surface area contributed by atoms with E-state index in [1.54, 1.807) is 12.4 Å². The van der Waals surface area contributed by atoms with Gasteiger partial charge in [-0.1, -0.05) is 29.8 Å². The van der Waals surface area contributed by atoms with Crippen LogP contribution < -0.4 is 10.1 Å². The van der Waals surface area contributed by atoms with Crippen LogP contribution in [0.15, 0.2) is 35.1 Å². The Bertz CT molecular complexity index is 570. The maximum atomic E-state index is 5.84. The summed E-state index contributed by atoms with van der Waals surface area (Å²) in [5.41, 5.74) is 2.03. The molecule has 0 unspecified atom stereocenters. The summed E-state index contributed by atoms with van der Waals surface area (Å²) in [7, 11) is 1.88. The lowest BCUT2D eigenvalue weighted by atomic mass is 10.0. The molecule has 0 aliphatic rings. The molecule has 0 bridgehead atoms. The van der Waals surface area contributed by atoms with Crippen molar-refractivity contribution in [2.75, 3.05) is 7.05 Å². The van der Waals surface area contributed by atoms with Gasteiger partial charge in [-0.2, -0.15) is 0 Å². The molecular weight excluding hydrogens is 318 g/mol. The number of hydrogen-bond donors (Lipinski definition) is 1. The lowest BCUT2D eigenvalue weighted by molar-refractivity contribution is 0.450. The highest BCUT2D eigenvalue weighted by Crippen LogP contribution is 2.31. The highest BCUT2D eigenvalue weighted by Gasteiger charge is 2.10. The van der Waals surface area contributed by atoms with Crippen LogP contribution in [0.5, 0.6) is 11.6 Å². The van der Waals surface area contributed by atoms with Gasteiger partial charge in [-0.15, -0.1) is 0 Å². The Labute approximate surface area is 127 Å². The number of aromatic nitrogens is 2. The van der Waals surface area contributed by atoms with E-state index in [4.69, 9.17) is 4.74 Å². The Morgan fingerprint density at radius 1 is 1.25 bits per heavy atom. The van der Waals surface area contributed by atoms with Gasteiger partial charge >= 0.3 is 0 Å². The average molecular weight is 336 g/mol. The normalized spacial score (nSPS) is 10.8. The standard InChI is InChI=1S/C15H18BrN3O/c1-10(2)13-6-11(16)4-5-14(13)20-15-9-18-12(7-17-3)8-19-15/h4-6,8-10,17H,7H2,1-3H3. The zero-order valence-corrected chi connectivity index (χ0v) is 13.4. The van der Waals surface area contributed by atoms with Crippen molar-refractivity contribution in [1.82, 2.24) is 15.3 Å². The molecule has 1 N–H and O–H groups in total. The summed E-state index contributed by atoms with van der Waals surface area (Å²) in [5, 5.41) is 3.03. The summed E-state index contributed by atoms with van der Waals surface area (Å²) < 4.78 is 6.89. The maximum absolute atomic E-state index is 5.84. The average Bonchev–Trinajstić information content (AvgIpc) is 2.43. The predicted octanol–water partition coefficient (Wildman–Crippen LogP) is 3.87. The van der Waals surface area contributed by atoms with Crippen LogP contribution in [0.4, 0.5) is 0 Å². The third-order valence-corrected chi connectivity index (χ3v) is 3.34. The molecule has 0 aliphatic heterocycles. The number of ether oxygens (including phenoxy) is 1. The second-order valence-electron chi connectivity index (χ2n) is 4.82. The number of halogens is 1. The van der Waals surface area contributed by atoms with Crippen LogP contribution in [0.1, 0.15) is 31.0 Å². The van der Waals surface area contributed by atoms with Gasteiger partial charge in [0.25, 0.3) is 0 Å². The van der Waals surface area contributed by atoms with E-state index in [-0.39, 0.29) is 0 Å². The lowest BCUT2D eigenvalue weighted by Crippen LogP contribution is -2.07. The molecule has 0 amide bonds. The number of rotatable bonds is 5. The van der Waals surface area contributed by atoms with Gasteiger partial charge in [0, 0.05) is 11.0 Å². The summed E-state index contributed by atoms with van der Waals surface area (Å²) in [5.74, 6) is 1.70. The molecule has 2 rings (SSSR count). The van der Waals surface area contributed by atoms with Gasteiger partial charge in [-0.05, 0) is 36.7 Å². The minimum absolute atomic E-state index is 0.374. The molecule has 0 atom stereocenters. The van der Waals surface area contributed by atoms with E-state index >= 15 is 0 Å². The molecule has 106 valence electrons. The van der Waals surface area contributed by atoms with Crippen LogP contribution in [-0.2, 0) is 6.54 Å². The number of nitrogens with one attached hydrogen (secondary N) is 1. The second-order valence-corrected chi connectivity index (χ2v) is 5.73. The van der Waals surface area contributed by atoms with Crippen LogP contribution in [0, 0.1) is 0 Å². The molecule has 4 nitrogen and oxygen atoms in total. The van der Waals surface area contributed by atoms with Crippen molar-refractivity contribution < 1.29 is 4.74 Å². The van der Waals surface area contributed by atoms with Crippen molar-refractivity contribution in [3.63, 3.8) is 0 Å². The van der Waals surface area contributed by atoms with Gasteiger partial charge in [0.2, 0.25) is 5.88 Å². The van der Waals surface area contributed by atoms with Crippen LogP contribution in [0.3, 0.4) is 0 Å². The number of hydrogen-bond acceptors (Lipinski definition) is 4. The molecule has 1 aromatic heterocycles. The third kappa shape index (κ3) is 3.77. The first-order chi connectivity index (χ1) is 9.60. The quantitative estimate of drug-likeness (QED) is 0.900. The minimum atomic E-state index is 0.374. The Morgan fingerprint density at radius 3 is 2.65 bits per heavy atom. The van der Waals surface area contributed by atoms with E-state index in [1.807, 2.05) is 19.2 Å². The first-order valence-corrected chi connectivity index (χ1v) is 7.32. The molecule has 1 aromatic carbocycles. The Hall–Kier alpha value is -1.46. The van der Waals surface area contributed by atoms with Crippen molar-refractivity contribution >= 4 is 15.9 Å². The molecule has 0 fully saturated rings. The van der Waals surface area contributed by atoms with Crippen molar-refractivity contribution in [3.05, 3.63) is 46.3 Å². The fraction of sp³-hybridized carbons (Fsp3) is 0.333. The second kappa shape index (κ2) is 6.81. The molecule has 0 aliphatic carbocycles. The summed E-state index contributed by atoms with van der Waals surface area (Å²) in [6, 6.07) is 5.98. The van der Waals surface area contributed by atoms with Crippen LogP contribution >= 0.6 is 15.9 Å². The molecule has 1 heterocycles. The highest BCUT2D eigenvalue weighted by atomic mass is 79.9. The molecule has 5 heteroatoms. The van der Waals surface area contributed by atoms with E-state index < -0.39 is 0 Å². The molecule has 0 saturated carbocycles. The maximum Gasteiger partial charge on any atom is 0.237 e. The monoisotopic (exact) mass is 335 g/mol. The number of nitrogens with zero attached hydrogens (tertiary/aromatic N) is 2. The van der Waals surface area contributed by atoms with Crippen LogP contribution in [0.2, 0.25) is 0 Å². The van der Waals surface area contributed by atoms with Gasteiger partial charge in [0.05, 0.1) is 18.1 Å². The van der Waals surface area contributed by atoms with Gasteiger partial charge in [-0.25, -0.2) is 4.98 Å². The topological polar surface area (TPSA) is 47.0 Å². The predicted molar refractivity (Wildman–Crippen MR) is 83.1 cm³/mol. The fourth-order valence-corrected chi connectivity index (χ4v) is 2.22. The van der Waals surface area contributed by atoms with E-state index in [2.05, 4.69) is 51.1 Å². The van der Waals surface area contributed by atoms with Gasteiger partial charge in [-0.3, -0.25) is 4.98 Å². The smallest absolute Gasteiger partial charge is 0.237 e. The van der Waals surface area contributed by atoms with Crippen LogP contribution in [0.25, 0.3) is 0 Å². The SMILES string of the molecule is CNCc1cnc(Oc2ccc(Br)cc2C(C)C)cn1. The first kappa shape index (κ1) is 14.9. The third-order valence-electron chi connectivity index (χ3n) is 2.85. The molecule has 0 spiro atoms. The van der Waals surface area contributed by atoms with E-state index in [9.17, 15) is 0 Å². The molecule has 20 heavy (non-hydrogen) atoms. The minimum Gasteiger partial charge on any atom is -0.437 e. The van der Waals surface area contributed by atoms with E-state index in [1.165, 1.54) is 0 Å². The van der Waals surface area contributed by atoms with Crippen molar-refractivity contribution in [3.8, 4) is 11.6 Å². The fourth-order valence-electron chi connectivity index (χ4n) is 1.84. The van der Waals surface area contributed by atoms with Gasteiger partial charge in [0.15, 0.2) is 0 Å². The Kier molecular flexibility index (Phi) is 5.09. The van der Waals surface area contributed by atoms with Crippen LogP contribution in [-0.4, -0.2) is 17.0 Å². The molecular formula is C15H18BrN3O. The summed E-state index contributed by atoms with van der Waals surface area (Å²) >= 11 is 3.49. The molecule has 0 saturated heterocycles. The van der Waals surface area contributed by atoms with Crippen molar-refractivity contribution in [2.45, 2.75) is 26.3 Å². The Morgan fingerprint density at radius 2 is 2.05 bits per heavy atom. The van der Waals surface area contributed by atoms with E-state index in [0.29, 0.717) is 18.3 Å². The lowest BCUT2D eigenvalue weighted by Gasteiger charge is -2.13. The molecule has 2 aromatic rings. The Balaban J connectivity index is 2.21. The summed E-state index contributed by atoms with van der Waals surface area (Å²) in [4.78, 5) is 8.58. The largest absolute Gasteiger partial charge is 0.437 e. The molecule has 0 radical (unpaired) electrons. The van der Waals surface area contributed by atoms with Gasteiger partial charge in [0.1, 0.15) is 5.75 Å². The van der Waals surface area contributed by atoms with Crippen molar-refractivity contribution in [1.29, 1.82) is 0 Å². The summed E-state index contributed by atoms with van der Waals surface area (Å²) in [6.07, 6.45) is 3.37. The van der Waals surface area contributed by atoms with Gasteiger partial charge < -0.3 is 10.1 Å². The zero-order valence-electron chi connectivity index (χ0n) is 11.9. The van der Waals surface area contributed by atoms with Crippen molar-refractivity contribution in [2.24, 2.45) is 0 Å². The highest BCUT2D eigenvalue weighted by molar-refractivity contribution is 9.10. The van der Waals surface area contributed by atoms with E-state index in [0.717, 1.165) is 21.5 Å². The zero-order chi connectivity index (χ0) is 14.5. The summed E-state index contributed by atoms with van der Waals surface area (Å²) in [6.45, 7) is 4.97. The first-order valence-electron chi connectivity index (χ1n) is 6.53.